The summed E-state index contributed by atoms with van der Waals surface area (Å²) >= 11 is 0. The summed E-state index contributed by atoms with van der Waals surface area (Å²) in [5.74, 6) is 0.653. The molecule has 0 aromatic rings. The molecule has 1 N–H and O–H groups in total. The van der Waals surface area contributed by atoms with Crippen LogP contribution in [0, 0.1) is 11.3 Å². The van der Waals surface area contributed by atoms with E-state index in [0.717, 1.165) is 0 Å². The first-order chi connectivity index (χ1) is 4.71. The second-order valence-corrected chi connectivity index (χ2v) is 3.88. The van der Waals surface area contributed by atoms with Gasteiger partial charge < -0.3 is 5.11 Å². The molecule has 1 aliphatic carbocycles. The van der Waals surface area contributed by atoms with Crippen molar-refractivity contribution >= 4 is 0 Å². The lowest BCUT2D eigenvalue weighted by atomic mass is 9.77. The molecule has 10 heavy (non-hydrogen) atoms. The van der Waals surface area contributed by atoms with Crippen molar-refractivity contribution in [2.45, 2.75) is 39.5 Å². The summed E-state index contributed by atoms with van der Waals surface area (Å²) < 4.78 is 0. The Balaban J connectivity index is 2.58. The lowest BCUT2D eigenvalue weighted by molar-refractivity contribution is 0.0830. The Bertz CT molecular complexity index is 101. The molecule has 0 spiro atoms. The summed E-state index contributed by atoms with van der Waals surface area (Å²) in [6.07, 6.45) is 5.11. The smallest absolute Gasteiger partial charge is 0.0489 e. The van der Waals surface area contributed by atoms with Gasteiger partial charge >= 0.3 is 0 Å². The minimum atomic E-state index is 0.292. The van der Waals surface area contributed by atoms with Gasteiger partial charge in [-0.3, -0.25) is 0 Å². The summed E-state index contributed by atoms with van der Waals surface area (Å²) in [5, 5.41) is 9.19. The highest BCUT2D eigenvalue weighted by atomic mass is 16.3. The van der Waals surface area contributed by atoms with Crippen LogP contribution < -0.4 is 0 Å². The molecule has 0 heterocycles. The molecular formula is C9H18O. The van der Waals surface area contributed by atoms with Crippen LogP contribution >= 0.6 is 0 Å². The van der Waals surface area contributed by atoms with E-state index in [9.17, 15) is 5.11 Å². The topological polar surface area (TPSA) is 20.2 Å². The molecule has 0 unspecified atom stereocenters. The third-order valence-corrected chi connectivity index (χ3v) is 3.14. The van der Waals surface area contributed by atoms with E-state index in [1.165, 1.54) is 25.7 Å². The Morgan fingerprint density at radius 2 is 1.80 bits per heavy atom. The first-order valence-corrected chi connectivity index (χ1v) is 4.32. The maximum atomic E-state index is 9.19. The largest absolute Gasteiger partial charge is 0.396 e. The molecule has 0 atom stereocenters. The molecule has 1 heteroatoms. The van der Waals surface area contributed by atoms with Crippen LogP contribution in [0.5, 0.6) is 0 Å². The van der Waals surface area contributed by atoms with Crippen molar-refractivity contribution in [3.8, 4) is 0 Å². The minimum absolute atomic E-state index is 0.292. The van der Waals surface area contributed by atoms with E-state index in [1.54, 1.807) is 0 Å². The molecular weight excluding hydrogens is 124 g/mol. The second kappa shape index (κ2) is 2.91. The van der Waals surface area contributed by atoms with Gasteiger partial charge in [-0.05, 0) is 24.2 Å². The zero-order valence-electron chi connectivity index (χ0n) is 7.06. The summed E-state index contributed by atoms with van der Waals surface area (Å²) in [7, 11) is 0. The summed E-state index contributed by atoms with van der Waals surface area (Å²) in [6, 6.07) is 0. The van der Waals surface area contributed by atoms with Crippen LogP contribution in [0.3, 0.4) is 0 Å². The maximum absolute atomic E-state index is 9.19. The van der Waals surface area contributed by atoms with E-state index in [4.69, 9.17) is 0 Å². The van der Waals surface area contributed by atoms with Crippen LogP contribution in [0.15, 0.2) is 0 Å². The zero-order chi connectivity index (χ0) is 7.61. The molecule has 1 rings (SSSR count). The lowest BCUT2D eigenvalue weighted by Gasteiger charge is -2.30. The fourth-order valence-corrected chi connectivity index (χ4v) is 2.00. The van der Waals surface area contributed by atoms with E-state index >= 15 is 0 Å². The average molecular weight is 142 g/mol. The van der Waals surface area contributed by atoms with Crippen LogP contribution in [0.25, 0.3) is 0 Å². The first-order valence-electron chi connectivity index (χ1n) is 4.32. The van der Waals surface area contributed by atoms with Crippen molar-refractivity contribution in [2.24, 2.45) is 11.3 Å². The summed E-state index contributed by atoms with van der Waals surface area (Å²) in [5.41, 5.74) is 0.292. The average Bonchev–Trinajstić information content (AvgIpc) is 2.35. The Morgan fingerprint density at radius 3 is 2.00 bits per heavy atom. The van der Waals surface area contributed by atoms with Gasteiger partial charge in [0.1, 0.15) is 0 Å². The SMILES string of the molecule is CC(C)C1(CO)CCCC1. The molecule has 0 amide bonds. The third-order valence-electron chi connectivity index (χ3n) is 3.14. The number of aliphatic hydroxyl groups excluding tert-OH is 1. The van der Waals surface area contributed by atoms with Crippen LogP contribution in [0.2, 0.25) is 0 Å². The van der Waals surface area contributed by atoms with E-state index < -0.39 is 0 Å². The molecule has 60 valence electrons. The number of hydrogen-bond donors (Lipinski definition) is 1. The van der Waals surface area contributed by atoms with Crippen LogP contribution in [0.1, 0.15) is 39.5 Å². The minimum Gasteiger partial charge on any atom is -0.396 e. The van der Waals surface area contributed by atoms with Gasteiger partial charge in [-0.2, -0.15) is 0 Å². The highest BCUT2D eigenvalue weighted by Crippen LogP contribution is 2.43. The fraction of sp³-hybridized carbons (Fsp3) is 1.00. The van der Waals surface area contributed by atoms with Crippen molar-refractivity contribution < 1.29 is 5.11 Å². The van der Waals surface area contributed by atoms with Crippen molar-refractivity contribution in [1.82, 2.24) is 0 Å². The van der Waals surface area contributed by atoms with Crippen molar-refractivity contribution in [1.29, 1.82) is 0 Å². The molecule has 1 fully saturated rings. The Kier molecular flexibility index (Phi) is 2.35. The maximum Gasteiger partial charge on any atom is 0.0489 e. The number of rotatable bonds is 2. The quantitative estimate of drug-likeness (QED) is 0.626. The molecule has 0 bridgehead atoms. The molecule has 0 aliphatic heterocycles. The van der Waals surface area contributed by atoms with Crippen LogP contribution in [-0.4, -0.2) is 11.7 Å². The van der Waals surface area contributed by atoms with E-state index in [1.807, 2.05) is 0 Å². The van der Waals surface area contributed by atoms with Gasteiger partial charge in [-0.25, -0.2) is 0 Å². The Morgan fingerprint density at radius 1 is 1.30 bits per heavy atom. The van der Waals surface area contributed by atoms with Crippen LogP contribution in [0.4, 0.5) is 0 Å². The number of hydrogen-bond acceptors (Lipinski definition) is 1. The molecule has 1 nitrogen and oxygen atoms in total. The molecule has 0 saturated heterocycles. The lowest BCUT2D eigenvalue weighted by Crippen LogP contribution is -2.27. The Hall–Kier alpha value is -0.0400. The van der Waals surface area contributed by atoms with Crippen molar-refractivity contribution in [3.63, 3.8) is 0 Å². The predicted octanol–water partition coefficient (Wildman–Crippen LogP) is 2.20. The van der Waals surface area contributed by atoms with Crippen molar-refractivity contribution in [2.75, 3.05) is 6.61 Å². The van der Waals surface area contributed by atoms with Crippen LogP contribution in [-0.2, 0) is 0 Å². The summed E-state index contributed by atoms with van der Waals surface area (Å²) in [6.45, 7) is 4.84. The third kappa shape index (κ3) is 1.20. The monoisotopic (exact) mass is 142 g/mol. The molecule has 1 aliphatic rings. The zero-order valence-corrected chi connectivity index (χ0v) is 7.06. The van der Waals surface area contributed by atoms with Gasteiger partial charge in [0, 0.05) is 6.61 Å². The van der Waals surface area contributed by atoms with Gasteiger partial charge in [-0.15, -0.1) is 0 Å². The summed E-state index contributed by atoms with van der Waals surface area (Å²) in [4.78, 5) is 0. The van der Waals surface area contributed by atoms with Gasteiger partial charge in [0.2, 0.25) is 0 Å². The molecule has 0 aromatic carbocycles. The molecule has 0 aromatic heterocycles. The normalized spacial score (nSPS) is 24.0. The van der Waals surface area contributed by atoms with Gasteiger partial charge in [-0.1, -0.05) is 26.7 Å². The van der Waals surface area contributed by atoms with Crippen molar-refractivity contribution in [3.05, 3.63) is 0 Å². The molecule has 0 radical (unpaired) electrons. The predicted molar refractivity (Wildman–Crippen MR) is 42.8 cm³/mol. The molecule has 1 saturated carbocycles. The second-order valence-electron chi connectivity index (χ2n) is 3.88. The first kappa shape index (κ1) is 8.06. The highest BCUT2D eigenvalue weighted by Gasteiger charge is 2.35. The van der Waals surface area contributed by atoms with Gasteiger partial charge in [0.15, 0.2) is 0 Å². The number of aliphatic hydroxyl groups is 1. The fourth-order valence-electron chi connectivity index (χ4n) is 2.00. The Labute approximate surface area is 63.4 Å². The van der Waals surface area contributed by atoms with Gasteiger partial charge in [0.25, 0.3) is 0 Å². The van der Waals surface area contributed by atoms with E-state index in [0.29, 0.717) is 17.9 Å². The highest BCUT2D eigenvalue weighted by molar-refractivity contribution is 4.86. The van der Waals surface area contributed by atoms with E-state index in [-0.39, 0.29) is 0 Å². The standard InChI is InChI=1S/C9H18O/c1-8(2)9(7-10)5-3-4-6-9/h8,10H,3-7H2,1-2H3. The van der Waals surface area contributed by atoms with E-state index in [2.05, 4.69) is 13.8 Å². The van der Waals surface area contributed by atoms with Gasteiger partial charge in [0.05, 0.1) is 0 Å².